The summed E-state index contributed by atoms with van der Waals surface area (Å²) in [6.45, 7) is 8.79. The fourth-order valence-corrected chi connectivity index (χ4v) is 20.9. The number of carbonyl (C=O) groups excluding carboxylic acids is 10. The first-order chi connectivity index (χ1) is 56.1. The third-order valence-corrected chi connectivity index (χ3v) is 27.0. The molecule has 0 unspecified atom stereocenters. The monoisotopic (exact) mass is 1960 g/mol. The number of aliphatic hydroxyl groups is 3. The summed E-state index contributed by atoms with van der Waals surface area (Å²) in [5.41, 5.74) is -1.08. The van der Waals surface area contributed by atoms with Crippen LogP contribution in [0.4, 0.5) is 0 Å². The van der Waals surface area contributed by atoms with E-state index in [1.807, 2.05) is 29.5 Å². The van der Waals surface area contributed by atoms with Gasteiger partial charge in [-0.25, -0.2) is 0 Å². The van der Waals surface area contributed by atoms with Gasteiger partial charge in [-0.1, -0.05) is 106 Å². The lowest BCUT2D eigenvalue weighted by Crippen LogP contribution is -2.54. The van der Waals surface area contributed by atoms with E-state index in [0.29, 0.717) is 19.7 Å². The minimum Gasteiger partial charge on any atom is -0.394 e. The summed E-state index contributed by atoms with van der Waals surface area (Å²) in [5, 5.41) is 30.5. The van der Waals surface area contributed by atoms with Crippen LogP contribution in [-0.4, -0.2) is 261 Å². The van der Waals surface area contributed by atoms with Crippen LogP contribution in [-0.2, 0) is 110 Å². The molecule has 626 valence electrons. The molecule has 14 aliphatic heterocycles. The Morgan fingerprint density at radius 3 is 1.03 bits per heavy atom. The molecule has 117 heavy (non-hydrogen) atoms. The standard InChI is InChI=1S/C18H20INO5.C18H21NO5.C17H18INO5.C17H19NO6.C13H14INO5/c1-2-6-18-15(24-17(25-18)7-3-4-8-17)13(11-19)23-16(18)20-9-5-12(21)10-14(20)22;1-3-13-15-18(4-2,24-17(23-15)8-5-6-9-17)16(22-13)19-10-7-12(20)11-14(19)21;1-2-17-14(23-16(24-17)6-3-4-7-16)12(10-18)22-15(17)19-8-5-11(20)9-13(19)21;1-2-17-14(23-16(24-17)6-3-4-7-16)12(10-19)22-15(17)18-8-5-11(20)9-13(18)21;1-2-4-13(19)11(18)9(7-14)20-12(13)15-5-3-8(16)6-10(15)17/h5-6,9,13,15-16H,1,3-4,7-8,10-11H2;2,7,10,13,15-16H,3,5-6,8-9,11H2,1H3;1,5,8,12,14-15H,3-4,6-7,9-10H2;1,5,8,12,14-15,19H,3-4,6-7,9-10H2;3-5,9,11-12,18-19H,1,6-7H2/t2*13-,15-,16-,18-;2*12-,14-,15-,17-;9-,11-,12-,13-/m11111/s1. The lowest BCUT2D eigenvalue weighted by Gasteiger charge is -2.37. The van der Waals surface area contributed by atoms with Crippen LogP contribution in [0.1, 0.15) is 148 Å². The van der Waals surface area contributed by atoms with Gasteiger partial charge in [-0.15, -0.1) is 30.7 Å². The van der Waals surface area contributed by atoms with E-state index in [2.05, 4.69) is 87.6 Å². The van der Waals surface area contributed by atoms with Gasteiger partial charge in [-0.05, 0) is 100 Å². The molecule has 0 aromatic rings. The lowest BCUT2D eigenvalue weighted by atomic mass is 9.93. The molecule has 14 heterocycles. The number of fused-ring (bicyclic) bond motifs is 4. The highest BCUT2D eigenvalue weighted by atomic mass is 127. The maximum Gasteiger partial charge on any atom is 0.236 e. The highest BCUT2D eigenvalue weighted by molar-refractivity contribution is 14.1. The van der Waals surface area contributed by atoms with Crippen LogP contribution >= 0.6 is 67.8 Å². The van der Waals surface area contributed by atoms with E-state index in [1.165, 1.54) is 87.1 Å². The summed E-state index contributed by atoms with van der Waals surface area (Å²) < 4.78 is 82.0. The zero-order valence-corrected chi connectivity index (χ0v) is 70.7. The Bertz CT molecular complexity index is 4130. The largest absolute Gasteiger partial charge is 0.394 e. The normalized spacial score (nSPS) is 39.5. The smallest absolute Gasteiger partial charge is 0.236 e. The van der Waals surface area contributed by atoms with Crippen LogP contribution in [0.15, 0.2) is 98.2 Å². The average Bonchev–Trinajstić information content (AvgIpc) is 1.56. The van der Waals surface area contributed by atoms with Crippen molar-refractivity contribution in [2.45, 2.75) is 292 Å². The van der Waals surface area contributed by atoms with E-state index in [9.17, 15) is 63.3 Å². The van der Waals surface area contributed by atoms with E-state index in [-0.39, 0.29) is 110 Å². The quantitative estimate of drug-likeness (QED) is 0.0742. The number of rotatable bonds is 12. The van der Waals surface area contributed by atoms with E-state index in [1.54, 1.807) is 6.08 Å². The molecule has 4 saturated carbocycles. The maximum absolute atomic E-state index is 12.5. The molecule has 9 saturated heterocycles. The van der Waals surface area contributed by atoms with Crippen LogP contribution in [0.25, 0.3) is 0 Å². The number of ether oxygens (including phenoxy) is 13. The van der Waals surface area contributed by atoms with Crippen molar-refractivity contribution in [2.24, 2.45) is 0 Å². The molecular weight excluding hydrogens is 1860 g/mol. The van der Waals surface area contributed by atoms with E-state index >= 15 is 0 Å². The van der Waals surface area contributed by atoms with Crippen molar-refractivity contribution < 1.29 is 125 Å². The van der Waals surface area contributed by atoms with E-state index < -0.39 is 131 Å². The third-order valence-electron chi connectivity index (χ3n) is 24.4. The minimum atomic E-state index is -1.81. The minimum absolute atomic E-state index is 0.157. The molecule has 20 atom stereocenters. The van der Waals surface area contributed by atoms with Gasteiger partial charge < -0.3 is 76.9 Å². The summed E-state index contributed by atoms with van der Waals surface area (Å²) in [6.07, 6.45) is 39.1. The zero-order valence-electron chi connectivity index (χ0n) is 64.2. The van der Waals surface area contributed by atoms with Crippen LogP contribution < -0.4 is 0 Å². The second-order valence-electron chi connectivity index (χ2n) is 31.7. The van der Waals surface area contributed by atoms with Gasteiger partial charge in [-0.2, -0.15) is 0 Å². The predicted octanol–water partition coefficient (Wildman–Crippen LogP) is 5.21. The highest BCUT2D eigenvalue weighted by Crippen LogP contribution is 2.59. The fourth-order valence-electron chi connectivity index (χ4n) is 18.9. The molecule has 4 spiro atoms. The summed E-state index contributed by atoms with van der Waals surface area (Å²) in [4.78, 5) is 125. The Balaban J connectivity index is 0.000000121. The van der Waals surface area contributed by atoms with Crippen molar-refractivity contribution in [3.8, 4) is 37.0 Å². The second kappa shape index (κ2) is 34.5. The molecule has 0 aromatic carbocycles. The van der Waals surface area contributed by atoms with Crippen LogP contribution in [0, 0.1) is 37.0 Å². The topological polar surface area (TPSA) is 368 Å². The molecular formula is C83H92I3N5O26. The number of amides is 5. The van der Waals surface area contributed by atoms with Gasteiger partial charge in [0, 0.05) is 95.6 Å². The van der Waals surface area contributed by atoms with Crippen molar-refractivity contribution in [2.75, 3.05) is 19.9 Å². The van der Waals surface area contributed by atoms with E-state index in [4.69, 9.17) is 80.8 Å². The first-order valence-corrected chi connectivity index (χ1v) is 43.9. The molecule has 0 bridgehead atoms. The first kappa shape index (κ1) is 87.0. The van der Waals surface area contributed by atoms with Gasteiger partial charge in [0.25, 0.3) is 0 Å². The third kappa shape index (κ3) is 15.6. The van der Waals surface area contributed by atoms with Crippen molar-refractivity contribution in [3.63, 3.8) is 0 Å². The Hall–Kier alpha value is -6.33. The Morgan fingerprint density at radius 1 is 0.419 bits per heavy atom. The van der Waals surface area contributed by atoms with Crippen molar-refractivity contribution >= 4 is 126 Å². The van der Waals surface area contributed by atoms with Gasteiger partial charge >= 0.3 is 0 Å². The number of ketones is 5. The summed E-state index contributed by atoms with van der Waals surface area (Å²) in [7, 11) is 0. The lowest BCUT2D eigenvalue weighted by molar-refractivity contribution is -0.230. The second-order valence-corrected chi connectivity index (χ2v) is 34.4. The molecule has 4 aliphatic carbocycles. The average molecular weight is 1960 g/mol. The van der Waals surface area contributed by atoms with Crippen LogP contribution in [0.3, 0.4) is 0 Å². The number of hydrogen-bond acceptors (Lipinski definition) is 26. The maximum atomic E-state index is 12.5. The highest BCUT2D eigenvalue weighted by Gasteiger charge is 2.74. The number of carbonyl (C=O) groups is 10. The Morgan fingerprint density at radius 2 is 0.701 bits per heavy atom. The molecule has 31 nitrogen and oxygen atoms in total. The summed E-state index contributed by atoms with van der Waals surface area (Å²) >= 11 is 6.50. The van der Waals surface area contributed by atoms with Gasteiger partial charge in [0.1, 0.15) is 36.6 Å². The van der Waals surface area contributed by atoms with Crippen LogP contribution in [0.5, 0.6) is 0 Å². The van der Waals surface area contributed by atoms with Gasteiger partial charge in [0.2, 0.25) is 46.3 Å². The molecule has 18 aliphatic rings. The molecule has 34 heteroatoms. The molecule has 18 rings (SSSR count). The predicted molar refractivity (Wildman–Crippen MR) is 430 cm³/mol. The van der Waals surface area contributed by atoms with Crippen molar-refractivity contribution in [1.29, 1.82) is 0 Å². The molecule has 0 radical (unpaired) electrons. The van der Waals surface area contributed by atoms with Crippen molar-refractivity contribution in [1.82, 2.24) is 24.5 Å². The first-order valence-electron chi connectivity index (χ1n) is 39.3. The Kier molecular flexibility index (Phi) is 25.7. The fraction of sp³-hybridized carbons (Fsp3) is 0.614. The number of nitrogens with zero attached hydrogens (tertiary/aromatic N) is 5. The Labute approximate surface area is 716 Å². The number of alkyl halides is 3. The number of terminal acetylenes is 3. The molecule has 13 fully saturated rings. The number of allylic oxidation sites excluding steroid dienone is 5. The molecule has 5 amide bonds. The van der Waals surface area contributed by atoms with Crippen LogP contribution in [0.2, 0.25) is 0 Å². The number of hydrogen-bond donors (Lipinski definition) is 3. The van der Waals surface area contributed by atoms with Gasteiger partial charge in [0.05, 0.1) is 63.1 Å². The summed E-state index contributed by atoms with van der Waals surface area (Å²) in [6, 6.07) is 0. The molecule has 3 N–H and O–H groups in total. The SMILES string of the molecule is C#C[C@@]12OC3(CCCC3)O[C@@H]1[C@@H](CC)O[C@H]2N1C=CC(=O)CC1=O.C#C[C@@]12OC3(CCCC3)O[C@@H]1[C@@H](CI)O[C@H]2N1C=CC(=O)CC1=O.C#C[C@@]12OC3(CCCC3)O[C@@H]1[C@@H](CO)O[C@H]2N1C=CC(=O)CC1=O.C=C=C[C@@]1(O)[C@H](O)[C@@H](CI)O[C@H]1N1C=CC(=O)CC1=O.C=C=C[C@@]12OC3(CCCC3)O[C@@H]1[C@@H](CI)O[C@H]2N1C=CC(=O)CC1=O. The van der Waals surface area contributed by atoms with Gasteiger partial charge in [-0.3, -0.25) is 72.4 Å². The molecule has 0 aromatic heterocycles. The van der Waals surface area contributed by atoms with E-state index in [0.717, 1.165) is 108 Å². The van der Waals surface area contributed by atoms with Crippen molar-refractivity contribution in [3.05, 3.63) is 98.2 Å². The number of aliphatic hydroxyl groups excluding tert-OH is 2. The van der Waals surface area contributed by atoms with Gasteiger partial charge in [0.15, 0.2) is 94.4 Å². The number of halogens is 3. The zero-order chi connectivity index (χ0) is 83.4. The summed E-state index contributed by atoms with van der Waals surface area (Å²) in [5.74, 6) is 2.35.